The van der Waals surface area contributed by atoms with Gasteiger partial charge in [0.2, 0.25) is 0 Å². The topological polar surface area (TPSA) is 29.3 Å². The molecule has 54 valence electrons. The lowest BCUT2D eigenvalue weighted by Gasteiger charge is -2.17. The molecule has 0 amide bonds. The van der Waals surface area contributed by atoms with Crippen LogP contribution in [0.3, 0.4) is 0 Å². The van der Waals surface area contributed by atoms with Crippen LogP contribution in [-0.4, -0.2) is 31.1 Å². The van der Waals surface area contributed by atoms with E-state index in [1.807, 2.05) is 0 Å². The first-order valence-electron chi connectivity index (χ1n) is 3.75. The first-order valence-corrected chi connectivity index (χ1v) is 3.75. The molecule has 1 saturated heterocycles. The van der Waals surface area contributed by atoms with E-state index in [0.29, 0.717) is 0 Å². The Labute approximate surface area is 57.0 Å². The fraction of sp³-hybridized carbons (Fsp3) is 1.00. The number of hydrogen-bond acceptors (Lipinski definition) is 2. The summed E-state index contributed by atoms with van der Waals surface area (Å²) in [6.07, 6.45) is 3.89. The molecule has 1 atom stereocenters. The van der Waals surface area contributed by atoms with Gasteiger partial charge in [0, 0.05) is 6.04 Å². The zero-order valence-corrected chi connectivity index (χ0v) is 6.14. The number of hydrogen-bond donors (Lipinski definition) is 1. The lowest BCUT2D eigenvalue weighted by atomic mass is 10.1. The first kappa shape index (κ1) is 7.03. The minimum Gasteiger partial charge on any atom is -0.330 e. The van der Waals surface area contributed by atoms with Gasteiger partial charge in [-0.15, -0.1) is 0 Å². The van der Waals surface area contributed by atoms with Gasteiger partial charge in [-0.3, -0.25) is 0 Å². The highest BCUT2D eigenvalue weighted by Gasteiger charge is 2.18. The van der Waals surface area contributed by atoms with Crippen molar-refractivity contribution in [3.05, 3.63) is 0 Å². The lowest BCUT2D eigenvalue weighted by Crippen LogP contribution is -2.27. The summed E-state index contributed by atoms with van der Waals surface area (Å²) in [7, 11) is 2.19. The molecule has 2 nitrogen and oxygen atoms in total. The van der Waals surface area contributed by atoms with Crippen molar-refractivity contribution in [3.8, 4) is 0 Å². The summed E-state index contributed by atoms with van der Waals surface area (Å²) in [5.41, 5.74) is 5.44. The van der Waals surface area contributed by atoms with Crippen molar-refractivity contribution >= 4 is 0 Å². The van der Waals surface area contributed by atoms with Crippen molar-refractivity contribution in [2.45, 2.75) is 25.3 Å². The summed E-state index contributed by atoms with van der Waals surface area (Å²) in [6, 6.07) is 0.787. The molecule has 1 heterocycles. The van der Waals surface area contributed by atoms with E-state index in [9.17, 15) is 0 Å². The van der Waals surface area contributed by atoms with Gasteiger partial charge in [0.25, 0.3) is 0 Å². The minimum atomic E-state index is 0.787. The van der Waals surface area contributed by atoms with Crippen LogP contribution in [0.2, 0.25) is 0 Å². The fourth-order valence-corrected chi connectivity index (χ4v) is 1.54. The van der Waals surface area contributed by atoms with Crippen molar-refractivity contribution in [2.75, 3.05) is 20.1 Å². The maximum Gasteiger partial charge on any atom is 0.0105 e. The third-order valence-electron chi connectivity index (χ3n) is 2.17. The van der Waals surface area contributed by atoms with E-state index in [1.165, 1.54) is 25.8 Å². The SMILES string of the molecule is CN1CCC[C@H]1CCN. The number of nitrogens with two attached hydrogens (primary N) is 1. The van der Waals surface area contributed by atoms with Crippen molar-refractivity contribution in [3.63, 3.8) is 0 Å². The van der Waals surface area contributed by atoms with E-state index in [0.717, 1.165) is 12.6 Å². The molecule has 0 saturated carbocycles. The zero-order chi connectivity index (χ0) is 6.69. The van der Waals surface area contributed by atoms with E-state index < -0.39 is 0 Å². The third-order valence-corrected chi connectivity index (χ3v) is 2.17. The Morgan fingerprint density at radius 2 is 2.44 bits per heavy atom. The number of rotatable bonds is 2. The molecule has 0 aliphatic carbocycles. The quantitative estimate of drug-likeness (QED) is 0.584. The Balaban J connectivity index is 2.22. The second-order valence-electron chi connectivity index (χ2n) is 2.85. The average molecular weight is 128 g/mol. The van der Waals surface area contributed by atoms with Crippen LogP contribution in [0, 0.1) is 0 Å². The van der Waals surface area contributed by atoms with Crippen LogP contribution < -0.4 is 5.73 Å². The zero-order valence-electron chi connectivity index (χ0n) is 6.14. The molecule has 0 spiro atoms. The Morgan fingerprint density at radius 3 is 2.89 bits per heavy atom. The van der Waals surface area contributed by atoms with Gasteiger partial charge < -0.3 is 10.6 Å². The largest absolute Gasteiger partial charge is 0.330 e. The molecule has 0 aromatic carbocycles. The molecule has 2 heteroatoms. The second kappa shape index (κ2) is 3.18. The van der Waals surface area contributed by atoms with Crippen LogP contribution in [0.1, 0.15) is 19.3 Å². The van der Waals surface area contributed by atoms with Crippen molar-refractivity contribution in [2.24, 2.45) is 5.73 Å². The Hall–Kier alpha value is -0.0800. The molecule has 0 bridgehead atoms. The fourth-order valence-electron chi connectivity index (χ4n) is 1.54. The van der Waals surface area contributed by atoms with Crippen LogP contribution >= 0.6 is 0 Å². The van der Waals surface area contributed by atoms with E-state index >= 15 is 0 Å². The Bertz CT molecular complexity index is 83.0. The second-order valence-corrected chi connectivity index (χ2v) is 2.85. The summed E-state index contributed by atoms with van der Waals surface area (Å²) in [6.45, 7) is 2.11. The predicted octanol–water partition coefficient (Wildman–Crippen LogP) is 0.429. The standard InChI is InChI=1S/C7H16N2/c1-9-6-2-3-7(9)4-5-8/h7H,2-6,8H2,1H3/t7-/m0/s1. The molecule has 1 fully saturated rings. The first-order chi connectivity index (χ1) is 4.34. The van der Waals surface area contributed by atoms with Gasteiger partial charge in [-0.2, -0.15) is 0 Å². The molecule has 1 aliphatic heterocycles. The molecule has 0 aromatic heterocycles. The molecule has 0 unspecified atom stereocenters. The van der Waals surface area contributed by atoms with Crippen molar-refractivity contribution in [1.82, 2.24) is 4.90 Å². The highest BCUT2D eigenvalue weighted by atomic mass is 15.1. The van der Waals surface area contributed by atoms with Crippen LogP contribution in [0.4, 0.5) is 0 Å². The maximum absolute atomic E-state index is 5.44. The van der Waals surface area contributed by atoms with Crippen LogP contribution in [0.15, 0.2) is 0 Å². The van der Waals surface area contributed by atoms with Crippen LogP contribution in [0.25, 0.3) is 0 Å². The average Bonchev–Trinajstić information content (AvgIpc) is 2.18. The van der Waals surface area contributed by atoms with Gasteiger partial charge in [0.15, 0.2) is 0 Å². The minimum absolute atomic E-state index is 0.787. The predicted molar refractivity (Wildman–Crippen MR) is 39.3 cm³/mol. The van der Waals surface area contributed by atoms with E-state index in [1.54, 1.807) is 0 Å². The summed E-state index contributed by atoms with van der Waals surface area (Å²) >= 11 is 0. The molecule has 1 aliphatic rings. The lowest BCUT2D eigenvalue weighted by molar-refractivity contribution is 0.299. The van der Waals surface area contributed by atoms with Gasteiger partial charge in [-0.05, 0) is 39.4 Å². The summed E-state index contributed by atoms with van der Waals surface area (Å²) in [4.78, 5) is 2.41. The highest BCUT2D eigenvalue weighted by Crippen LogP contribution is 2.16. The summed E-state index contributed by atoms with van der Waals surface area (Å²) in [5.74, 6) is 0. The van der Waals surface area contributed by atoms with Gasteiger partial charge in [-0.25, -0.2) is 0 Å². The van der Waals surface area contributed by atoms with Gasteiger partial charge in [0.1, 0.15) is 0 Å². The molecule has 0 radical (unpaired) electrons. The molecular formula is C7H16N2. The maximum atomic E-state index is 5.44. The van der Waals surface area contributed by atoms with E-state index in [-0.39, 0.29) is 0 Å². The Kier molecular flexibility index (Phi) is 2.49. The molecule has 1 rings (SSSR count). The highest BCUT2D eigenvalue weighted by molar-refractivity contribution is 4.75. The smallest absolute Gasteiger partial charge is 0.0105 e. The van der Waals surface area contributed by atoms with Crippen molar-refractivity contribution < 1.29 is 0 Å². The molecule has 9 heavy (non-hydrogen) atoms. The molecular weight excluding hydrogens is 112 g/mol. The van der Waals surface area contributed by atoms with Crippen LogP contribution in [-0.2, 0) is 0 Å². The third kappa shape index (κ3) is 1.66. The van der Waals surface area contributed by atoms with Gasteiger partial charge in [-0.1, -0.05) is 0 Å². The monoisotopic (exact) mass is 128 g/mol. The number of nitrogens with zero attached hydrogens (tertiary/aromatic N) is 1. The van der Waals surface area contributed by atoms with Crippen molar-refractivity contribution in [1.29, 1.82) is 0 Å². The van der Waals surface area contributed by atoms with Crippen LogP contribution in [0.5, 0.6) is 0 Å². The van der Waals surface area contributed by atoms with E-state index in [4.69, 9.17) is 5.73 Å². The normalized spacial score (nSPS) is 29.3. The Morgan fingerprint density at radius 1 is 1.67 bits per heavy atom. The summed E-state index contributed by atoms with van der Waals surface area (Å²) < 4.78 is 0. The van der Waals surface area contributed by atoms with E-state index in [2.05, 4.69) is 11.9 Å². The molecule has 0 aromatic rings. The molecule has 2 N–H and O–H groups in total. The van der Waals surface area contributed by atoms with Gasteiger partial charge in [0.05, 0.1) is 0 Å². The number of likely N-dealkylation sites (tertiary alicyclic amines) is 1. The van der Waals surface area contributed by atoms with Gasteiger partial charge >= 0.3 is 0 Å². The summed E-state index contributed by atoms with van der Waals surface area (Å²) in [5, 5.41) is 0.